The van der Waals surface area contributed by atoms with Crippen LogP contribution in [-0.4, -0.2) is 67.0 Å². The van der Waals surface area contributed by atoms with E-state index < -0.39 is 5.60 Å². The van der Waals surface area contributed by atoms with Gasteiger partial charge in [0.05, 0.1) is 0 Å². The summed E-state index contributed by atoms with van der Waals surface area (Å²) in [5, 5.41) is 15.4. The van der Waals surface area contributed by atoms with Crippen molar-refractivity contribution in [1.29, 1.82) is 0 Å². The lowest BCUT2D eigenvalue weighted by atomic mass is 10.0. The molecule has 8 heteroatoms. The van der Waals surface area contributed by atoms with Gasteiger partial charge in [-0.15, -0.1) is 24.0 Å². The van der Waals surface area contributed by atoms with Gasteiger partial charge in [-0.3, -0.25) is 4.99 Å². The van der Waals surface area contributed by atoms with Crippen molar-refractivity contribution in [3.63, 3.8) is 0 Å². The maximum absolute atomic E-state index is 12.1. The lowest BCUT2D eigenvalue weighted by molar-refractivity contribution is 0.0486. The van der Waals surface area contributed by atoms with Gasteiger partial charge in [0.15, 0.2) is 5.96 Å². The van der Waals surface area contributed by atoms with E-state index in [4.69, 9.17) is 9.84 Å². The first kappa shape index (κ1) is 28.4. The molecule has 0 saturated carbocycles. The Morgan fingerprint density at radius 2 is 1.85 bits per heavy atom. The van der Waals surface area contributed by atoms with Gasteiger partial charge in [0.25, 0.3) is 0 Å². The van der Waals surface area contributed by atoms with Crippen molar-refractivity contribution in [2.75, 3.05) is 33.3 Å². The molecule has 27 heavy (non-hydrogen) atoms. The van der Waals surface area contributed by atoms with Crippen molar-refractivity contribution in [3.05, 3.63) is 0 Å². The number of halogens is 1. The maximum Gasteiger partial charge on any atom is 0.407 e. The average Bonchev–Trinajstić information content (AvgIpc) is 2.52. The molecule has 2 unspecified atom stereocenters. The molecule has 2 atom stereocenters. The van der Waals surface area contributed by atoms with Crippen molar-refractivity contribution in [1.82, 2.24) is 15.5 Å². The van der Waals surface area contributed by atoms with E-state index >= 15 is 0 Å². The topological polar surface area (TPSA) is 86.2 Å². The number of amides is 1. The summed E-state index contributed by atoms with van der Waals surface area (Å²) < 4.78 is 5.37. The van der Waals surface area contributed by atoms with Crippen molar-refractivity contribution in [2.45, 2.75) is 66.5 Å². The normalized spacial score (nSPS) is 14.2. The van der Waals surface area contributed by atoms with Crippen LogP contribution in [0.5, 0.6) is 0 Å². The molecule has 0 bridgehead atoms. The summed E-state index contributed by atoms with van der Waals surface area (Å²) in [6.07, 6.45) is 0.407. The zero-order valence-electron chi connectivity index (χ0n) is 18.3. The number of aliphatic hydroxyl groups is 1. The summed E-state index contributed by atoms with van der Waals surface area (Å²) in [6, 6.07) is 0.0199. The summed E-state index contributed by atoms with van der Waals surface area (Å²) in [6.45, 7) is 16.0. The number of aliphatic imine (C=N–C) groups is 1. The number of hydrogen-bond acceptors (Lipinski definition) is 4. The zero-order chi connectivity index (χ0) is 20.3. The minimum Gasteiger partial charge on any atom is -0.444 e. The van der Waals surface area contributed by atoms with Gasteiger partial charge in [-0.1, -0.05) is 20.8 Å². The monoisotopic (exact) mass is 500 g/mol. The number of carbonyl (C=O) groups is 1. The van der Waals surface area contributed by atoms with Gasteiger partial charge in [-0.2, -0.15) is 0 Å². The van der Waals surface area contributed by atoms with Gasteiger partial charge in [0, 0.05) is 39.3 Å². The fourth-order valence-electron chi connectivity index (χ4n) is 2.24. The molecule has 0 rings (SSSR count). The van der Waals surface area contributed by atoms with Gasteiger partial charge in [-0.05, 0) is 46.0 Å². The molecule has 0 spiro atoms. The maximum atomic E-state index is 12.1. The largest absolute Gasteiger partial charge is 0.444 e. The van der Waals surface area contributed by atoms with Crippen molar-refractivity contribution >= 4 is 36.0 Å². The van der Waals surface area contributed by atoms with Crippen LogP contribution in [-0.2, 0) is 4.74 Å². The molecule has 0 aromatic carbocycles. The number of nitrogens with one attached hydrogen (secondary N) is 2. The molecule has 1 amide bonds. The molecule has 0 aliphatic heterocycles. The van der Waals surface area contributed by atoms with Crippen LogP contribution in [0.1, 0.15) is 54.9 Å². The Labute approximate surface area is 182 Å². The first-order valence-corrected chi connectivity index (χ1v) is 9.59. The van der Waals surface area contributed by atoms with Crippen molar-refractivity contribution in [3.8, 4) is 0 Å². The number of ether oxygens (including phenoxy) is 1. The minimum atomic E-state index is -0.503. The smallest absolute Gasteiger partial charge is 0.407 e. The Kier molecular flexibility index (Phi) is 15.0. The first-order chi connectivity index (χ1) is 12.0. The van der Waals surface area contributed by atoms with E-state index in [1.165, 1.54) is 0 Å². The molecule has 0 heterocycles. The number of guanidine groups is 1. The van der Waals surface area contributed by atoms with Crippen LogP contribution in [0.25, 0.3) is 0 Å². The molecule has 0 aliphatic carbocycles. The number of alkyl carbamates (subject to hydrolysis) is 1. The van der Waals surface area contributed by atoms with Crippen molar-refractivity contribution in [2.24, 2.45) is 16.8 Å². The molecular weight excluding hydrogens is 459 g/mol. The van der Waals surface area contributed by atoms with Crippen LogP contribution in [0.4, 0.5) is 4.79 Å². The predicted molar refractivity (Wildman–Crippen MR) is 123 cm³/mol. The summed E-state index contributed by atoms with van der Waals surface area (Å²) in [4.78, 5) is 18.7. The molecule has 0 fully saturated rings. The van der Waals surface area contributed by atoms with E-state index in [9.17, 15) is 4.79 Å². The van der Waals surface area contributed by atoms with Crippen LogP contribution < -0.4 is 10.6 Å². The number of aliphatic hydroxyl groups excluding tert-OH is 1. The third-order valence-corrected chi connectivity index (χ3v) is 3.84. The average molecular weight is 500 g/mol. The van der Waals surface area contributed by atoms with Crippen LogP contribution in [0.2, 0.25) is 0 Å². The fraction of sp³-hybridized carbons (Fsp3) is 0.895. The highest BCUT2D eigenvalue weighted by molar-refractivity contribution is 14.0. The van der Waals surface area contributed by atoms with Gasteiger partial charge < -0.3 is 25.4 Å². The Morgan fingerprint density at radius 3 is 2.30 bits per heavy atom. The van der Waals surface area contributed by atoms with E-state index in [0.29, 0.717) is 12.5 Å². The molecule has 0 aromatic heterocycles. The molecule has 162 valence electrons. The van der Waals surface area contributed by atoms with Crippen LogP contribution in [0.3, 0.4) is 0 Å². The third kappa shape index (κ3) is 14.0. The summed E-state index contributed by atoms with van der Waals surface area (Å²) in [5.74, 6) is 1.24. The quantitative estimate of drug-likeness (QED) is 0.258. The predicted octanol–water partition coefficient (Wildman–Crippen LogP) is 3.07. The Balaban J connectivity index is 0. The first-order valence-electron chi connectivity index (χ1n) is 9.59. The number of rotatable bonds is 9. The van der Waals surface area contributed by atoms with E-state index in [-0.39, 0.29) is 48.6 Å². The van der Waals surface area contributed by atoms with Gasteiger partial charge in [-0.25, -0.2) is 4.79 Å². The SMILES string of the molecule is CCNC(=NCC(C)CO)N(C)CCC(NC(=O)OC(C)(C)C)C(C)C.I. The summed E-state index contributed by atoms with van der Waals surface area (Å²) in [5.41, 5.74) is -0.503. The number of hydrogen-bond donors (Lipinski definition) is 3. The Bertz CT molecular complexity index is 439. The lowest BCUT2D eigenvalue weighted by Crippen LogP contribution is -2.45. The van der Waals surface area contributed by atoms with E-state index in [2.05, 4.69) is 34.4 Å². The molecular formula is C19H41IN4O3. The molecule has 0 saturated heterocycles. The van der Waals surface area contributed by atoms with Crippen molar-refractivity contribution < 1.29 is 14.6 Å². The van der Waals surface area contributed by atoms with Crippen LogP contribution in [0, 0.1) is 11.8 Å². The van der Waals surface area contributed by atoms with Gasteiger partial charge in [0.2, 0.25) is 0 Å². The zero-order valence-corrected chi connectivity index (χ0v) is 20.7. The minimum absolute atomic E-state index is 0. The van der Waals surface area contributed by atoms with E-state index in [1.807, 2.05) is 41.7 Å². The van der Waals surface area contributed by atoms with E-state index in [1.54, 1.807) is 0 Å². The molecule has 7 nitrogen and oxygen atoms in total. The third-order valence-electron chi connectivity index (χ3n) is 3.84. The summed E-state index contributed by atoms with van der Waals surface area (Å²) >= 11 is 0. The second kappa shape index (κ2) is 14.3. The highest BCUT2D eigenvalue weighted by atomic mass is 127. The van der Waals surface area contributed by atoms with Gasteiger partial charge in [0.1, 0.15) is 5.60 Å². The lowest BCUT2D eigenvalue weighted by Gasteiger charge is -2.28. The second-order valence-electron chi connectivity index (χ2n) is 8.19. The van der Waals surface area contributed by atoms with Crippen LogP contribution >= 0.6 is 24.0 Å². The Morgan fingerprint density at radius 1 is 1.26 bits per heavy atom. The molecule has 0 aromatic rings. The van der Waals surface area contributed by atoms with E-state index in [0.717, 1.165) is 25.5 Å². The number of nitrogens with zero attached hydrogens (tertiary/aromatic N) is 2. The molecule has 0 aliphatic rings. The highest BCUT2D eigenvalue weighted by Crippen LogP contribution is 2.11. The second-order valence-corrected chi connectivity index (χ2v) is 8.19. The highest BCUT2D eigenvalue weighted by Gasteiger charge is 2.22. The number of carbonyl (C=O) groups excluding carboxylic acids is 1. The molecule has 0 radical (unpaired) electrons. The summed E-state index contributed by atoms with van der Waals surface area (Å²) in [7, 11) is 1.98. The molecule has 3 N–H and O–H groups in total. The van der Waals surface area contributed by atoms with Gasteiger partial charge >= 0.3 is 6.09 Å². The fourth-order valence-corrected chi connectivity index (χ4v) is 2.24. The Hall–Kier alpha value is -0.770. The van der Waals surface area contributed by atoms with Crippen LogP contribution in [0.15, 0.2) is 4.99 Å². The standard InChI is InChI=1S/C19H40N4O3.HI/c1-9-20-17(21-12-15(4)13-24)23(8)11-10-16(14(2)3)22-18(25)26-19(5,6)7;/h14-16,24H,9-13H2,1-8H3,(H,20,21)(H,22,25);1H.